The number of unbranched alkanes of at least 4 members (excludes halogenated alkanes) is 5. The van der Waals surface area contributed by atoms with Crippen molar-refractivity contribution in [3.63, 3.8) is 0 Å². The van der Waals surface area contributed by atoms with Crippen LogP contribution in [0.4, 0.5) is 0 Å². The molecule has 0 radical (unpaired) electrons. The third-order valence-electron chi connectivity index (χ3n) is 2.11. The molecular weight excluding hydrogens is 236 g/mol. The number of esters is 1. The SMILES string of the molecule is C=C(C#N)C(=O)OCCCCCCCC.O=NO. The van der Waals surface area contributed by atoms with E-state index in [1.165, 1.54) is 31.0 Å². The zero-order valence-corrected chi connectivity index (χ0v) is 10.7. The van der Waals surface area contributed by atoms with E-state index >= 15 is 0 Å². The van der Waals surface area contributed by atoms with Crippen LogP contribution >= 0.6 is 0 Å². The third-order valence-corrected chi connectivity index (χ3v) is 2.11. The van der Waals surface area contributed by atoms with Crippen molar-refractivity contribution in [3.05, 3.63) is 17.1 Å². The maximum absolute atomic E-state index is 11.0. The molecule has 0 saturated carbocycles. The van der Waals surface area contributed by atoms with Crippen LogP contribution in [0.2, 0.25) is 0 Å². The molecule has 0 saturated heterocycles. The highest BCUT2D eigenvalue weighted by atomic mass is 16.6. The first-order valence-electron chi connectivity index (χ1n) is 5.86. The van der Waals surface area contributed by atoms with Gasteiger partial charge in [0.05, 0.1) is 6.61 Å². The van der Waals surface area contributed by atoms with Crippen molar-refractivity contribution in [2.75, 3.05) is 6.61 Å². The summed E-state index contributed by atoms with van der Waals surface area (Å²) in [7, 11) is 0. The molecule has 0 atom stereocenters. The zero-order chi connectivity index (χ0) is 14.2. The van der Waals surface area contributed by atoms with Crippen LogP contribution in [0.15, 0.2) is 17.5 Å². The molecule has 6 nitrogen and oxygen atoms in total. The van der Waals surface area contributed by atoms with Gasteiger partial charge >= 0.3 is 5.97 Å². The second kappa shape index (κ2) is 15.1. The lowest BCUT2D eigenvalue weighted by Gasteiger charge is -2.02. The van der Waals surface area contributed by atoms with E-state index in [9.17, 15) is 4.79 Å². The number of nitrogens with zero attached hydrogens (tertiary/aromatic N) is 2. The molecule has 18 heavy (non-hydrogen) atoms. The van der Waals surface area contributed by atoms with Crippen molar-refractivity contribution in [3.8, 4) is 6.07 Å². The lowest BCUT2D eigenvalue weighted by atomic mass is 10.1. The predicted molar refractivity (Wildman–Crippen MR) is 66.7 cm³/mol. The minimum Gasteiger partial charge on any atom is -0.462 e. The highest BCUT2D eigenvalue weighted by Gasteiger charge is 2.05. The Kier molecular flexibility index (Phi) is 15.5. The van der Waals surface area contributed by atoms with E-state index < -0.39 is 5.97 Å². The summed E-state index contributed by atoms with van der Waals surface area (Å²) in [5.74, 6) is -0.592. The van der Waals surface area contributed by atoms with Gasteiger partial charge < -0.3 is 9.94 Å². The Bertz CT molecular complexity index is 284. The molecule has 0 spiro atoms. The summed E-state index contributed by atoms with van der Waals surface area (Å²) in [6.45, 7) is 5.85. The van der Waals surface area contributed by atoms with Crippen LogP contribution in [0.3, 0.4) is 0 Å². The van der Waals surface area contributed by atoms with Gasteiger partial charge in [0.1, 0.15) is 11.6 Å². The summed E-state index contributed by atoms with van der Waals surface area (Å²) in [4.78, 5) is 19.1. The number of carbonyl (C=O) groups excluding carboxylic acids is 1. The van der Waals surface area contributed by atoms with Crippen molar-refractivity contribution in [1.29, 1.82) is 5.26 Å². The van der Waals surface area contributed by atoms with Gasteiger partial charge in [-0.2, -0.15) is 5.26 Å². The second-order valence-corrected chi connectivity index (χ2v) is 3.58. The summed E-state index contributed by atoms with van der Waals surface area (Å²) in [5.41, 5.74) is -0.124. The Labute approximate surface area is 107 Å². The third kappa shape index (κ3) is 14.1. The summed E-state index contributed by atoms with van der Waals surface area (Å²) < 4.78 is 4.84. The van der Waals surface area contributed by atoms with Gasteiger partial charge in [-0.15, -0.1) is 4.91 Å². The molecule has 0 bridgehead atoms. The first-order chi connectivity index (χ1) is 8.63. The number of hydrogen-bond donors (Lipinski definition) is 1. The van der Waals surface area contributed by atoms with Gasteiger partial charge in [-0.3, -0.25) is 0 Å². The monoisotopic (exact) mass is 256 g/mol. The summed E-state index contributed by atoms with van der Waals surface area (Å²) in [6.07, 6.45) is 6.88. The molecule has 0 aromatic rings. The molecule has 6 heteroatoms. The number of hydrogen-bond acceptors (Lipinski definition) is 5. The minimum atomic E-state index is -0.592. The van der Waals surface area contributed by atoms with Crippen LogP contribution in [-0.4, -0.2) is 17.8 Å². The van der Waals surface area contributed by atoms with E-state index in [4.69, 9.17) is 20.1 Å². The molecule has 0 aliphatic carbocycles. The predicted octanol–water partition coefficient (Wildman–Crippen LogP) is 3.11. The van der Waals surface area contributed by atoms with Crippen molar-refractivity contribution >= 4 is 5.97 Å². The van der Waals surface area contributed by atoms with Gasteiger partial charge in [0.2, 0.25) is 0 Å². The van der Waals surface area contributed by atoms with Crippen molar-refractivity contribution < 1.29 is 14.7 Å². The van der Waals surface area contributed by atoms with E-state index in [-0.39, 0.29) is 5.57 Å². The van der Waals surface area contributed by atoms with Crippen molar-refractivity contribution in [1.82, 2.24) is 0 Å². The number of rotatable bonds is 8. The van der Waals surface area contributed by atoms with Gasteiger partial charge in [0.25, 0.3) is 0 Å². The molecule has 0 aromatic carbocycles. The molecule has 0 amide bonds. The van der Waals surface area contributed by atoms with E-state index in [0.29, 0.717) is 6.61 Å². The molecule has 0 aliphatic heterocycles. The number of nitriles is 1. The quantitative estimate of drug-likeness (QED) is 0.179. The molecule has 0 aromatic heterocycles. The normalized spacial score (nSPS) is 8.44. The number of carbonyl (C=O) groups is 1. The summed E-state index contributed by atoms with van der Waals surface area (Å²) >= 11 is 0. The van der Waals surface area contributed by atoms with E-state index in [1.54, 1.807) is 6.07 Å². The lowest BCUT2D eigenvalue weighted by molar-refractivity contribution is -0.138. The standard InChI is InChI=1S/C12H19NO2.HNO2/c1-3-4-5-6-7-8-9-15-12(14)11(2)10-13;2-1-3/h2-9H2,1H3;(H,2,3). The van der Waals surface area contributed by atoms with Crippen molar-refractivity contribution in [2.24, 2.45) is 5.34 Å². The van der Waals surface area contributed by atoms with Crippen LogP contribution in [0.5, 0.6) is 0 Å². The highest BCUT2D eigenvalue weighted by Crippen LogP contribution is 2.05. The lowest BCUT2D eigenvalue weighted by Crippen LogP contribution is -2.06. The van der Waals surface area contributed by atoms with E-state index in [0.717, 1.165) is 12.8 Å². The van der Waals surface area contributed by atoms with E-state index in [2.05, 4.69) is 13.5 Å². The first-order valence-corrected chi connectivity index (χ1v) is 5.86. The van der Waals surface area contributed by atoms with Gasteiger partial charge in [0.15, 0.2) is 5.34 Å². The molecule has 0 fully saturated rings. The molecular formula is C12H20N2O4. The maximum Gasteiger partial charge on any atom is 0.348 e. The zero-order valence-electron chi connectivity index (χ0n) is 10.7. The largest absolute Gasteiger partial charge is 0.462 e. The topological polar surface area (TPSA) is 99.8 Å². The van der Waals surface area contributed by atoms with Crippen LogP contribution in [0, 0.1) is 16.2 Å². The molecule has 0 unspecified atom stereocenters. The molecule has 0 aliphatic rings. The van der Waals surface area contributed by atoms with Crippen LogP contribution < -0.4 is 0 Å². The first kappa shape index (κ1) is 18.5. The average Bonchev–Trinajstić information content (AvgIpc) is 2.37. The second-order valence-electron chi connectivity index (χ2n) is 3.58. The Balaban J connectivity index is 0. The fraction of sp³-hybridized carbons (Fsp3) is 0.667. The van der Waals surface area contributed by atoms with Gasteiger partial charge in [-0.05, 0) is 6.42 Å². The Hall–Kier alpha value is -1.90. The Morgan fingerprint density at radius 1 is 1.33 bits per heavy atom. The average molecular weight is 256 g/mol. The fourth-order valence-electron chi connectivity index (χ4n) is 1.18. The van der Waals surface area contributed by atoms with Gasteiger partial charge in [0, 0.05) is 0 Å². The van der Waals surface area contributed by atoms with Crippen LogP contribution in [0.1, 0.15) is 45.4 Å². The van der Waals surface area contributed by atoms with Crippen molar-refractivity contribution in [2.45, 2.75) is 45.4 Å². The Morgan fingerprint density at radius 2 is 1.83 bits per heavy atom. The maximum atomic E-state index is 11.0. The fourth-order valence-corrected chi connectivity index (χ4v) is 1.18. The molecule has 0 heterocycles. The Morgan fingerprint density at radius 3 is 2.33 bits per heavy atom. The minimum absolute atomic E-state index is 0.124. The molecule has 1 N–H and O–H groups in total. The molecule has 102 valence electrons. The number of ether oxygens (including phenoxy) is 1. The molecule has 0 rings (SSSR count). The van der Waals surface area contributed by atoms with Crippen LogP contribution in [-0.2, 0) is 9.53 Å². The smallest absolute Gasteiger partial charge is 0.348 e. The summed E-state index contributed by atoms with van der Waals surface area (Å²) in [6, 6.07) is 1.66. The van der Waals surface area contributed by atoms with Crippen LogP contribution in [0.25, 0.3) is 0 Å². The van der Waals surface area contributed by atoms with Gasteiger partial charge in [-0.1, -0.05) is 45.6 Å². The van der Waals surface area contributed by atoms with E-state index in [1.807, 2.05) is 0 Å². The van der Waals surface area contributed by atoms with Gasteiger partial charge in [-0.25, -0.2) is 4.79 Å². The summed E-state index contributed by atoms with van der Waals surface area (Å²) in [5, 5.41) is 16.2. The highest BCUT2D eigenvalue weighted by molar-refractivity contribution is 5.91.